The first kappa shape index (κ1) is 16.0. The smallest absolute Gasteiger partial charge is 0.0594 e. The molecular weight excluding hydrogens is 250 g/mol. The first-order valence-corrected chi connectivity index (χ1v) is 8.06. The molecule has 20 heavy (non-hydrogen) atoms. The summed E-state index contributed by atoms with van der Waals surface area (Å²) in [5.41, 5.74) is 1.73. The molecule has 2 aliphatic rings. The lowest BCUT2D eigenvalue weighted by Gasteiger charge is -2.43. The van der Waals surface area contributed by atoms with Crippen LogP contribution in [0.4, 0.5) is 0 Å². The lowest BCUT2D eigenvalue weighted by molar-refractivity contribution is 0.000195. The number of ether oxygens (including phenoxy) is 1. The number of nitrogens with zero attached hydrogens (tertiary/aromatic N) is 2. The van der Waals surface area contributed by atoms with E-state index in [9.17, 15) is 0 Å². The Labute approximate surface area is 124 Å². The monoisotopic (exact) mass is 281 g/mol. The van der Waals surface area contributed by atoms with Gasteiger partial charge in [0.25, 0.3) is 0 Å². The molecule has 0 saturated carbocycles. The van der Waals surface area contributed by atoms with E-state index in [1.165, 1.54) is 26.1 Å². The summed E-state index contributed by atoms with van der Waals surface area (Å²) in [5.74, 6) is 0. The molecule has 0 bridgehead atoms. The number of morpholine rings is 1. The predicted octanol–water partition coefficient (Wildman–Crippen LogP) is 1.34. The first-order valence-electron chi connectivity index (χ1n) is 8.06. The van der Waals surface area contributed by atoms with Gasteiger partial charge in [0, 0.05) is 51.4 Å². The second-order valence-corrected chi connectivity index (χ2v) is 6.31. The molecule has 0 aromatic heterocycles. The second-order valence-electron chi connectivity index (χ2n) is 6.31. The summed E-state index contributed by atoms with van der Waals surface area (Å²) in [6, 6.07) is 0. The van der Waals surface area contributed by atoms with E-state index in [0.717, 1.165) is 39.4 Å². The van der Waals surface area contributed by atoms with Crippen molar-refractivity contribution in [1.29, 1.82) is 0 Å². The largest absolute Gasteiger partial charge is 0.379 e. The number of rotatable bonds is 5. The van der Waals surface area contributed by atoms with Gasteiger partial charge in [0.05, 0.1) is 13.2 Å². The molecule has 0 radical (unpaired) electrons. The summed E-state index contributed by atoms with van der Waals surface area (Å²) in [7, 11) is 0. The Morgan fingerprint density at radius 2 is 1.80 bits per heavy atom. The van der Waals surface area contributed by atoms with E-state index < -0.39 is 0 Å². The van der Waals surface area contributed by atoms with Gasteiger partial charge in [0.15, 0.2) is 0 Å². The number of nitrogens with one attached hydrogen (secondary N) is 1. The van der Waals surface area contributed by atoms with Crippen LogP contribution in [0.1, 0.15) is 27.2 Å². The molecule has 0 amide bonds. The van der Waals surface area contributed by atoms with Crippen LogP contribution in [0.25, 0.3) is 0 Å². The van der Waals surface area contributed by atoms with Gasteiger partial charge in [-0.3, -0.25) is 4.90 Å². The van der Waals surface area contributed by atoms with E-state index in [0.29, 0.717) is 0 Å². The van der Waals surface area contributed by atoms with Crippen molar-refractivity contribution < 1.29 is 4.74 Å². The number of hydrogen-bond donors (Lipinski definition) is 1. The normalized spacial score (nSPS) is 24.1. The van der Waals surface area contributed by atoms with Crippen LogP contribution in [0.2, 0.25) is 0 Å². The topological polar surface area (TPSA) is 27.7 Å². The van der Waals surface area contributed by atoms with Crippen molar-refractivity contribution in [2.45, 2.75) is 32.7 Å². The van der Waals surface area contributed by atoms with Gasteiger partial charge in [-0.15, -0.1) is 0 Å². The average molecular weight is 281 g/mol. The molecule has 2 aliphatic heterocycles. The molecule has 0 spiro atoms. The molecule has 2 fully saturated rings. The second kappa shape index (κ2) is 7.55. The third kappa shape index (κ3) is 4.04. The van der Waals surface area contributed by atoms with E-state index in [-0.39, 0.29) is 5.54 Å². The van der Waals surface area contributed by atoms with Crippen LogP contribution in [0.3, 0.4) is 0 Å². The molecule has 2 heterocycles. The molecule has 2 rings (SSSR count). The molecule has 0 aliphatic carbocycles. The van der Waals surface area contributed by atoms with Gasteiger partial charge >= 0.3 is 0 Å². The van der Waals surface area contributed by atoms with E-state index in [1.54, 1.807) is 5.57 Å². The molecule has 0 atom stereocenters. The lowest BCUT2D eigenvalue weighted by Crippen LogP contribution is -2.51. The molecule has 4 heteroatoms. The standard InChI is InChI=1S/C16H31N3O/c1-4-15(5-8-18-9-6-17-7-10-18)16(2,3)19-11-13-20-14-12-19/h4,17H,5-14H2,1-3H3. The van der Waals surface area contributed by atoms with Crippen LogP contribution in [0.15, 0.2) is 11.6 Å². The Hall–Kier alpha value is -0.420. The van der Waals surface area contributed by atoms with Crippen LogP contribution in [0.5, 0.6) is 0 Å². The Morgan fingerprint density at radius 1 is 1.15 bits per heavy atom. The van der Waals surface area contributed by atoms with Crippen molar-refractivity contribution in [3.8, 4) is 0 Å². The summed E-state index contributed by atoms with van der Waals surface area (Å²) in [5, 5.41) is 3.42. The molecule has 0 aromatic carbocycles. The number of hydrogen-bond acceptors (Lipinski definition) is 4. The quantitative estimate of drug-likeness (QED) is 0.770. The third-order valence-electron chi connectivity index (χ3n) is 4.84. The maximum Gasteiger partial charge on any atom is 0.0594 e. The molecule has 116 valence electrons. The van der Waals surface area contributed by atoms with Gasteiger partial charge in [0.1, 0.15) is 0 Å². The highest BCUT2D eigenvalue weighted by Crippen LogP contribution is 2.27. The summed E-state index contributed by atoms with van der Waals surface area (Å²) in [6.07, 6.45) is 3.51. The molecule has 0 aromatic rings. The van der Waals surface area contributed by atoms with Crippen molar-refractivity contribution in [3.63, 3.8) is 0 Å². The van der Waals surface area contributed by atoms with Gasteiger partial charge in [-0.05, 0) is 27.2 Å². The van der Waals surface area contributed by atoms with E-state index >= 15 is 0 Å². The summed E-state index contributed by atoms with van der Waals surface area (Å²) in [6.45, 7) is 16.6. The van der Waals surface area contributed by atoms with Gasteiger partial charge in [-0.2, -0.15) is 0 Å². The fraction of sp³-hybridized carbons (Fsp3) is 0.875. The van der Waals surface area contributed by atoms with Crippen LogP contribution in [-0.2, 0) is 4.74 Å². The minimum Gasteiger partial charge on any atom is -0.379 e. The molecule has 2 saturated heterocycles. The van der Waals surface area contributed by atoms with Crippen LogP contribution < -0.4 is 5.32 Å². The van der Waals surface area contributed by atoms with Crippen molar-refractivity contribution >= 4 is 0 Å². The van der Waals surface area contributed by atoms with E-state index in [1.807, 2.05) is 0 Å². The minimum atomic E-state index is 0.159. The van der Waals surface area contributed by atoms with Crippen LogP contribution in [0, 0.1) is 0 Å². The average Bonchev–Trinajstić information content (AvgIpc) is 2.49. The maximum absolute atomic E-state index is 5.49. The van der Waals surface area contributed by atoms with Gasteiger partial charge < -0.3 is 15.0 Å². The highest BCUT2D eigenvalue weighted by atomic mass is 16.5. The molecule has 4 nitrogen and oxygen atoms in total. The maximum atomic E-state index is 5.49. The van der Waals surface area contributed by atoms with Crippen LogP contribution in [-0.4, -0.2) is 74.4 Å². The van der Waals surface area contributed by atoms with Crippen molar-refractivity contribution in [1.82, 2.24) is 15.1 Å². The van der Waals surface area contributed by atoms with Gasteiger partial charge in [-0.1, -0.05) is 11.6 Å². The zero-order chi connectivity index (χ0) is 14.4. The van der Waals surface area contributed by atoms with Gasteiger partial charge in [0.2, 0.25) is 0 Å². The summed E-state index contributed by atoms with van der Waals surface area (Å²) < 4.78 is 5.49. The van der Waals surface area contributed by atoms with Crippen molar-refractivity contribution in [2.75, 3.05) is 59.0 Å². The minimum absolute atomic E-state index is 0.159. The lowest BCUT2D eigenvalue weighted by atomic mass is 9.88. The summed E-state index contributed by atoms with van der Waals surface area (Å²) in [4.78, 5) is 5.15. The van der Waals surface area contributed by atoms with Crippen molar-refractivity contribution in [3.05, 3.63) is 11.6 Å². The zero-order valence-electron chi connectivity index (χ0n) is 13.5. The molecule has 1 N–H and O–H groups in total. The number of allylic oxidation sites excluding steroid dienone is 1. The molecule has 0 unspecified atom stereocenters. The Bertz CT molecular complexity index is 316. The fourth-order valence-electron chi connectivity index (χ4n) is 3.34. The van der Waals surface area contributed by atoms with Crippen molar-refractivity contribution in [2.24, 2.45) is 0 Å². The predicted molar refractivity (Wildman–Crippen MR) is 84.2 cm³/mol. The zero-order valence-corrected chi connectivity index (χ0v) is 13.5. The Kier molecular flexibility index (Phi) is 6.02. The highest BCUT2D eigenvalue weighted by molar-refractivity contribution is 5.18. The molecular formula is C16H31N3O. The highest BCUT2D eigenvalue weighted by Gasteiger charge is 2.31. The van der Waals surface area contributed by atoms with E-state index in [4.69, 9.17) is 4.74 Å². The number of piperazine rings is 1. The van der Waals surface area contributed by atoms with Gasteiger partial charge in [-0.25, -0.2) is 0 Å². The van der Waals surface area contributed by atoms with E-state index in [2.05, 4.69) is 42.0 Å². The summed E-state index contributed by atoms with van der Waals surface area (Å²) >= 11 is 0. The third-order valence-corrected chi connectivity index (χ3v) is 4.84. The fourth-order valence-corrected chi connectivity index (χ4v) is 3.34. The SMILES string of the molecule is CC=C(CCN1CCNCC1)C(C)(C)N1CCOCC1. The first-order chi connectivity index (χ1) is 9.64. The Balaban J connectivity index is 1.88. The van der Waals surface area contributed by atoms with Crippen LogP contribution >= 0.6 is 0 Å². The Morgan fingerprint density at radius 3 is 2.40 bits per heavy atom.